The van der Waals surface area contributed by atoms with E-state index in [2.05, 4.69) is 21.4 Å². The summed E-state index contributed by atoms with van der Waals surface area (Å²) < 4.78 is 41.2. The average molecular weight is 494 g/mol. The van der Waals surface area contributed by atoms with Crippen LogP contribution in [0, 0.1) is 11.3 Å². The Morgan fingerprint density at radius 1 is 1.09 bits per heavy atom. The fraction of sp³-hybridized carbons (Fsp3) is 0.444. The molecule has 2 fully saturated rings. The van der Waals surface area contributed by atoms with Gasteiger partial charge in [0.05, 0.1) is 35.2 Å². The quantitative estimate of drug-likeness (QED) is 0.462. The lowest BCUT2D eigenvalue weighted by Gasteiger charge is -2.30. The van der Waals surface area contributed by atoms with E-state index in [0.717, 1.165) is 66.8 Å². The third-order valence-corrected chi connectivity index (χ3v) is 8.80. The summed E-state index contributed by atoms with van der Waals surface area (Å²) in [4.78, 5) is 0. The zero-order valence-electron chi connectivity index (χ0n) is 20.2. The van der Waals surface area contributed by atoms with Crippen molar-refractivity contribution in [1.82, 2.24) is 4.57 Å². The number of fused-ring (bicyclic) bond motifs is 1. The second-order valence-electron chi connectivity index (χ2n) is 9.67. The summed E-state index contributed by atoms with van der Waals surface area (Å²) in [7, 11) is -3.42. The molecule has 35 heavy (non-hydrogen) atoms. The first kappa shape index (κ1) is 23.7. The zero-order chi connectivity index (χ0) is 24.6. The SMILES string of the molecule is CC(C)S(=O)(=O)Nc1ccc(-c2c(C#N)c3ccc(OC4CCOCC4)cc3n2C2CCC2)cc1. The van der Waals surface area contributed by atoms with Crippen LogP contribution in [-0.4, -0.2) is 37.6 Å². The van der Waals surface area contributed by atoms with Crippen LogP contribution in [0.3, 0.4) is 0 Å². The normalized spacial score (nSPS) is 17.3. The van der Waals surface area contributed by atoms with E-state index in [-0.39, 0.29) is 6.10 Å². The fourth-order valence-electron chi connectivity index (χ4n) is 4.75. The fourth-order valence-corrected chi connectivity index (χ4v) is 5.45. The molecule has 5 rings (SSSR count). The van der Waals surface area contributed by atoms with Crippen LogP contribution in [-0.2, 0) is 14.8 Å². The van der Waals surface area contributed by atoms with Gasteiger partial charge in [0, 0.05) is 36.0 Å². The van der Waals surface area contributed by atoms with Gasteiger partial charge in [-0.3, -0.25) is 4.72 Å². The van der Waals surface area contributed by atoms with Gasteiger partial charge in [0.25, 0.3) is 0 Å². The number of rotatable bonds is 7. The molecular formula is C27H31N3O4S. The molecule has 0 unspecified atom stereocenters. The maximum atomic E-state index is 12.3. The number of nitriles is 1. The van der Waals surface area contributed by atoms with E-state index in [1.165, 1.54) is 6.42 Å². The van der Waals surface area contributed by atoms with E-state index in [1.807, 2.05) is 24.3 Å². The van der Waals surface area contributed by atoms with Crippen molar-refractivity contribution in [1.29, 1.82) is 5.26 Å². The molecule has 2 aliphatic rings. The molecule has 2 aromatic carbocycles. The summed E-state index contributed by atoms with van der Waals surface area (Å²) in [5.41, 5.74) is 3.94. The number of hydrogen-bond acceptors (Lipinski definition) is 5. The number of sulfonamides is 1. The Morgan fingerprint density at radius 2 is 1.80 bits per heavy atom. The van der Waals surface area contributed by atoms with Gasteiger partial charge in [0.1, 0.15) is 17.9 Å². The number of nitrogens with one attached hydrogen (secondary N) is 1. The minimum absolute atomic E-state index is 0.144. The maximum absolute atomic E-state index is 12.3. The molecular weight excluding hydrogens is 462 g/mol. The van der Waals surface area contributed by atoms with Gasteiger partial charge in [-0.05, 0) is 62.9 Å². The predicted octanol–water partition coefficient (Wildman–Crippen LogP) is 5.61. The zero-order valence-corrected chi connectivity index (χ0v) is 21.0. The van der Waals surface area contributed by atoms with Crippen molar-refractivity contribution in [3.8, 4) is 23.1 Å². The van der Waals surface area contributed by atoms with E-state index in [1.54, 1.807) is 26.0 Å². The summed E-state index contributed by atoms with van der Waals surface area (Å²) in [6, 6.07) is 16.1. The first-order chi connectivity index (χ1) is 16.9. The van der Waals surface area contributed by atoms with E-state index < -0.39 is 15.3 Å². The smallest absolute Gasteiger partial charge is 0.235 e. The van der Waals surface area contributed by atoms with Crippen LogP contribution < -0.4 is 9.46 Å². The maximum Gasteiger partial charge on any atom is 0.235 e. The van der Waals surface area contributed by atoms with Gasteiger partial charge in [-0.15, -0.1) is 0 Å². The average Bonchev–Trinajstić information content (AvgIpc) is 3.12. The number of aromatic nitrogens is 1. The van der Waals surface area contributed by atoms with Gasteiger partial charge < -0.3 is 14.0 Å². The Bertz CT molecular complexity index is 1360. The molecule has 7 nitrogen and oxygen atoms in total. The van der Waals surface area contributed by atoms with Crippen molar-refractivity contribution in [3.05, 3.63) is 48.0 Å². The second kappa shape index (κ2) is 9.56. The molecule has 1 aliphatic carbocycles. The van der Waals surface area contributed by atoms with Gasteiger partial charge in [-0.1, -0.05) is 12.1 Å². The molecule has 3 aromatic rings. The molecule has 0 amide bonds. The van der Waals surface area contributed by atoms with Crippen molar-refractivity contribution < 1.29 is 17.9 Å². The Balaban J connectivity index is 1.56. The van der Waals surface area contributed by atoms with Gasteiger partial charge in [-0.25, -0.2) is 8.42 Å². The summed E-state index contributed by atoms with van der Waals surface area (Å²) in [6.07, 6.45) is 5.20. The number of nitrogens with zero attached hydrogens (tertiary/aromatic N) is 2. The molecule has 1 saturated carbocycles. The highest BCUT2D eigenvalue weighted by atomic mass is 32.2. The number of anilines is 1. The third kappa shape index (κ3) is 4.63. The number of benzene rings is 2. The van der Waals surface area contributed by atoms with Crippen molar-refractivity contribution in [3.63, 3.8) is 0 Å². The molecule has 0 spiro atoms. The predicted molar refractivity (Wildman–Crippen MR) is 137 cm³/mol. The van der Waals surface area contributed by atoms with Gasteiger partial charge in [0.2, 0.25) is 10.0 Å². The van der Waals surface area contributed by atoms with Crippen molar-refractivity contribution in [2.45, 2.75) is 63.3 Å². The monoisotopic (exact) mass is 493 g/mol. The highest BCUT2D eigenvalue weighted by molar-refractivity contribution is 7.93. The Hall–Kier alpha value is -3.02. The van der Waals surface area contributed by atoms with Crippen LogP contribution in [0.4, 0.5) is 5.69 Å². The molecule has 1 aliphatic heterocycles. The first-order valence-corrected chi connectivity index (χ1v) is 13.9. The Morgan fingerprint density at radius 3 is 2.40 bits per heavy atom. The molecule has 0 radical (unpaired) electrons. The minimum atomic E-state index is -3.42. The van der Waals surface area contributed by atoms with E-state index in [0.29, 0.717) is 17.3 Å². The van der Waals surface area contributed by atoms with Gasteiger partial charge in [0.15, 0.2) is 0 Å². The molecule has 1 N–H and O–H groups in total. The van der Waals surface area contributed by atoms with E-state index >= 15 is 0 Å². The summed E-state index contributed by atoms with van der Waals surface area (Å²) in [6.45, 7) is 4.73. The second-order valence-corrected chi connectivity index (χ2v) is 11.9. The first-order valence-electron chi connectivity index (χ1n) is 12.3. The van der Waals surface area contributed by atoms with Crippen LogP contribution in [0.5, 0.6) is 5.75 Å². The number of ether oxygens (including phenoxy) is 2. The summed E-state index contributed by atoms with van der Waals surface area (Å²) in [5.74, 6) is 0.817. The molecule has 1 saturated heterocycles. The Labute approximate surface area is 206 Å². The lowest BCUT2D eigenvalue weighted by molar-refractivity contribution is 0.0256. The third-order valence-electron chi connectivity index (χ3n) is 7.04. The van der Waals surface area contributed by atoms with Crippen LogP contribution >= 0.6 is 0 Å². The summed E-state index contributed by atoms with van der Waals surface area (Å²) in [5, 5.41) is 10.6. The summed E-state index contributed by atoms with van der Waals surface area (Å²) >= 11 is 0. The van der Waals surface area contributed by atoms with Crippen molar-refractivity contribution in [2.75, 3.05) is 17.9 Å². The van der Waals surface area contributed by atoms with Gasteiger partial charge >= 0.3 is 0 Å². The standard InChI is InChI=1S/C27H31N3O4S/c1-18(2)35(31,32)29-20-8-6-19(7-9-20)27-25(17-28)24-11-10-23(34-22-12-14-33-15-13-22)16-26(24)30(27)21-4-3-5-21/h6-11,16,18,21-22,29H,3-5,12-15H2,1-2H3. The van der Waals surface area contributed by atoms with Crippen molar-refractivity contribution >= 4 is 26.6 Å². The molecule has 1 aromatic heterocycles. The molecule has 0 atom stereocenters. The van der Waals surface area contributed by atoms with Crippen LogP contribution in [0.15, 0.2) is 42.5 Å². The minimum Gasteiger partial charge on any atom is -0.490 e. The molecule has 0 bridgehead atoms. The largest absolute Gasteiger partial charge is 0.490 e. The van der Waals surface area contributed by atoms with Crippen LogP contribution in [0.25, 0.3) is 22.2 Å². The van der Waals surface area contributed by atoms with Crippen LogP contribution in [0.1, 0.15) is 57.6 Å². The number of hydrogen-bond donors (Lipinski definition) is 1. The topological polar surface area (TPSA) is 93.4 Å². The van der Waals surface area contributed by atoms with Crippen LogP contribution in [0.2, 0.25) is 0 Å². The lowest BCUT2D eigenvalue weighted by Crippen LogP contribution is -2.25. The van der Waals surface area contributed by atoms with Gasteiger partial charge in [-0.2, -0.15) is 5.26 Å². The highest BCUT2D eigenvalue weighted by Gasteiger charge is 2.28. The van der Waals surface area contributed by atoms with E-state index in [9.17, 15) is 13.7 Å². The highest BCUT2D eigenvalue weighted by Crippen LogP contribution is 2.43. The molecule has 8 heteroatoms. The van der Waals surface area contributed by atoms with E-state index in [4.69, 9.17) is 9.47 Å². The van der Waals surface area contributed by atoms with Crippen molar-refractivity contribution in [2.24, 2.45) is 0 Å². The Kier molecular flexibility index (Phi) is 6.47. The lowest BCUT2D eigenvalue weighted by atomic mass is 9.92. The molecule has 2 heterocycles. The molecule has 184 valence electrons.